The number of carbonyl (C=O) groups excluding carboxylic acids is 1. The van der Waals surface area contributed by atoms with E-state index >= 15 is 0 Å². The van der Waals surface area contributed by atoms with Crippen LogP contribution in [0.25, 0.3) is 0 Å². The molecule has 1 heterocycles. The van der Waals surface area contributed by atoms with Crippen molar-refractivity contribution >= 4 is 61.3 Å². The van der Waals surface area contributed by atoms with Crippen LogP contribution in [-0.4, -0.2) is 30.5 Å². The Labute approximate surface area is 179 Å². The van der Waals surface area contributed by atoms with Gasteiger partial charge in [0.15, 0.2) is 5.13 Å². The molecule has 0 fully saturated rings. The molecular weight excluding hydrogens is 458 g/mol. The van der Waals surface area contributed by atoms with E-state index in [1.54, 1.807) is 18.2 Å². The molecule has 0 radical (unpaired) electrons. The van der Waals surface area contributed by atoms with Gasteiger partial charge in [0.1, 0.15) is 4.21 Å². The van der Waals surface area contributed by atoms with Crippen LogP contribution >= 0.6 is 34.7 Å². The van der Waals surface area contributed by atoms with Crippen molar-refractivity contribution in [3.8, 4) is 0 Å². The van der Waals surface area contributed by atoms with Gasteiger partial charge in [-0.05, 0) is 36.6 Å². The van der Waals surface area contributed by atoms with Gasteiger partial charge in [-0.2, -0.15) is 0 Å². The molecule has 150 valence electrons. The minimum atomic E-state index is -3.93. The second-order valence-corrected chi connectivity index (χ2v) is 10.0. The number of halogens is 1. The van der Waals surface area contributed by atoms with E-state index in [2.05, 4.69) is 10.3 Å². The normalized spacial score (nSPS) is 11.2. The number of nitro benzene ring substituents is 1. The maximum absolute atomic E-state index is 12.7. The summed E-state index contributed by atoms with van der Waals surface area (Å²) in [5.74, 6) is -0.514. The largest absolute Gasteiger partial charge is 0.298 e. The highest BCUT2D eigenvalue weighted by atomic mass is 35.5. The highest BCUT2D eigenvalue weighted by Crippen LogP contribution is 2.30. The van der Waals surface area contributed by atoms with Crippen molar-refractivity contribution < 1.29 is 18.1 Å². The van der Waals surface area contributed by atoms with Crippen LogP contribution < -0.4 is 5.32 Å². The van der Waals surface area contributed by atoms with Gasteiger partial charge in [0.05, 0.1) is 26.6 Å². The SMILES string of the molecule is CSc1ccc(Cl)c(C(=O)Nc2ncc(S(=O)(=O)c3ccc([N+](=O)[O-])cc3)s2)c1. The molecular formula is C17H12ClN3O5S3. The summed E-state index contributed by atoms with van der Waals surface area (Å²) in [6.45, 7) is 0. The predicted octanol–water partition coefficient (Wildman–Crippen LogP) is 4.51. The van der Waals surface area contributed by atoms with Crippen molar-refractivity contribution in [1.82, 2.24) is 4.98 Å². The fourth-order valence-electron chi connectivity index (χ4n) is 2.27. The number of thiazole rings is 1. The zero-order chi connectivity index (χ0) is 21.2. The molecule has 0 spiro atoms. The number of hydrogen-bond donors (Lipinski definition) is 1. The number of rotatable bonds is 6. The molecule has 29 heavy (non-hydrogen) atoms. The maximum Gasteiger partial charge on any atom is 0.269 e. The lowest BCUT2D eigenvalue weighted by Gasteiger charge is -2.06. The number of nitrogens with one attached hydrogen (secondary N) is 1. The molecule has 0 saturated carbocycles. The zero-order valence-corrected chi connectivity index (χ0v) is 17.9. The summed E-state index contributed by atoms with van der Waals surface area (Å²) in [5, 5.41) is 13.6. The second kappa shape index (κ2) is 8.49. The summed E-state index contributed by atoms with van der Waals surface area (Å²) >= 11 is 8.30. The lowest BCUT2D eigenvalue weighted by molar-refractivity contribution is -0.384. The van der Waals surface area contributed by atoms with E-state index in [1.165, 1.54) is 11.8 Å². The molecule has 3 aromatic rings. The van der Waals surface area contributed by atoms with Crippen molar-refractivity contribution in [1.29, 1.82) is 0 Å². The predicted molar refractivity (Wildman–Crippen MR) is 112 cm³/mol. The number of anilines is 1. The van der Waals surface area contributed by atoms with Crippen LogP contribution in [0.5, 0.6) is 0 Å². The van der Waals surface area contributed by atoms with Crippen LogP contribution in [0, 0.1) is 10.1 Å². The van der Waals surface area contributed by atoms with Crippen LogP contribution in [0.1, 0.15) is 10.4 Å². The van der Waals surface area contributed by atoms with Crippen LogP contribution in [0.2, 0.25) is 5.02 Å². The average Bonchev–Trinajstić information content (AvgIpc) is 3.17. The lowest BCUT2D eigenvalue weighted by Crippen LogP contribution is -2.12. The summed E-state index contributed by atoms with van der Waals surface area (Å²) in [5.41, 5.74) is 0.0269. The molecule has 1 amide bonds. The standard InChI is InChI=1S/C17H12ClN3O5S3/c1-27-11-4-7-14(18)13(8-11)16(22)20-17-19-9-15(28-17)29(25,26)12-5-2-10(3-6-12)21(23)24/h2-9H,1H3,(H,19,20,22). The number of non-ortho nitro benzene ring substituents is 1. The van der Waals surface area contributed by atoms with E-state index in [0.29, 0.717) is 0 Å². The van der Waals surface area contributed by atoms with E-state index in [9.17, 15) is 23.3 Å². The summed E-state index contributed by atoms with van der Waals surface area (Å²) < 4.78 is 25.3. The molecule has 0 atom stereocenters. The summed E-state index contributed by atoms with van der Waals surface area (Å²) in [6, 6.07) is 9.54. The first-order valence-corrected chi connectivity index (χ1v) is 11.7. The van der Waals surface area contributed by atoms with Crippen LogP contribution in [-0.2, 0) is 9.84 Å². The van der Waals surface area contributed by atoms with Gasteiger partial charge in [-0.3, -0.25) is 20.2 Å². The van der Waals surface area contributed by atoms with E-state index < -0.39 is 20.7 Å². The van der Waals surface area contributed by atoms with Gasteiger partial charge < -0.3 is 0 Å². The number of benzene rings is 2. The van der Waals surface area contributed by atoms with Gasteiger partial charge in [-0.15, -0.1) is 11.8 Å². The number of hydrogen-bond acceptors (Lipinski definition) is 8. The van der Waals surface area contributed by atoms with Crippen molar-refractivity contribution in [2.24, 2.45) is 0 Å². The molecule has 0 unspecified atom stereocenters. The van der Waals surface area contributed by atoms with E-state index in [1.807, 2.05) is 6.26 Å². The van der Waals surface area contributed by atoms with Crippen LogP contribution in [0.3, 0.4) is 0 Å². The molecule has 1 N–H and O–H groups in total. The minimum Gasteiger partial charge on any atom is -0.298 e. The molecule has 12 heteroatoms. The molecule has 0 aliphatic rings. The van der Waals surface area contributed by atoms with Gasteiger partial charge in [-0.25, -0.2) is 13.4 Å². The third-order valence-electron chi connectivity index (χ3n) is 3.75. The number of sulfone groups is 1. The number of nitrogens with zero attached hydrogens (tertiary/aromatic N) is 2. The molecule has 0 bridgehead atoms. The third kappa shape index (κ3) is 4.58. The summed E-state index contributed by atoms with van der Waals surface area (Å²) in [4.78, 5) is 27.3. The number of aromatic nitrogens is 1. The number of amides is 1. The van der Waals surface area contributed by atoms with Crippen LogP contribution in [0.4, 0.5) is 10.8 Å². The first kappa shape index (κ1) is 21.2. The minimum absolute atomic E-state index is 0.0844. The molecule has 0 aliphatic heterocycles. The molecule has 1 aromatic heterocycles. The molecule has 0 aliphatic carbocycles. The Balaban J connectivity index is 1.83. The van der Waals surface area contributed by atoms with Crippen molar-refractivity contribution in [3.05, 3.63) is 69.4 Å². The van der Waals surface area contributed by atoms with Gasteiger partial charge in [0.2, 0.25) is 9.84 Å². The maximum atomic E-state index is 12.7. The quantitative estimate of drug-likeness (QED) is 0.320. The monoisotopic (exact) mass is 469 g/mol. The fraction of sp³-hybridized carbons (Fsp3) is 0.0588. The Bertz CT molecular complexity index is 1190. The Morgan fingerprint density at radius 2 is 1.93 bits per heavy atom. The van der Waals surface area contributed by atoms with Gasteiger partial charge >= 0.3 is 0 Å². The van der Waals surface area contributed by atoms with Gasteiger partial charge in [-0.1, -0.05) is 22.9 Å². The number of carbonyl (C=O) groups is 1. The molecule has 0 saturated heterocycles. The fourth-order valence-corrected chi connectivity index (χ4v) is 5.35. The smallest absolute Gasteiger partial charge is 0.269 e. The van der Waals surface area contributed by atoms with Crippen LogP contribution in [0.15, 0.2) is 62.7 Å². The number of nitro groups is 1. The summed E-state index contributed by atoms with van der Waals surface area (Å²) in [7, 11) is -3.93. The Kier molecular flexibility index (Phi) is 6.22. The van der Waals surface area contributed by atoms with Crippen molar-refractivity contribution in [2.45, 2.75) is 14.0 Å². The average molecular weight is 470 g/mol. The van der Waals surface area contributed by atoms with E-state index in [4.69, 9.17) is 11.6 Å². The Morgan fingerprint density at radius 3 is 2.55 bits per heavy atom. The topological polar surface area (TPSA) is 119 Å². The number of thioether (sulfide) groups is 1. The van der Waals surface area contributed by atoms with Gasteiger partial charge in [0.25, 0.3) is 11.6 Å². The molecule has 3 rings (SSSR count). The molecule has 2 aromatic carbocycles. The second-order valence-electron chi connectivity index (χ2n) is 5.54. The Morgan fingerprint density at radius 1 is 1.24 bits per heavy atom. The zero-order valence-electron chi connectivity index (χ0n) is 14.7. The molecule has 8 nitrogen and oxygen atoms in total. The Hall–Kier alpha value is -2.47. The van der Waals surface area contributed by atoms with Crippen molar-refractivity contribution in [2.75, 3.05) is 11.6 Å². The third-order valence-corrected chi connectivity index (χ3v) is 7.94. The first-order chi connectivity index (χ1) is 13.7. The highest BCUT2D eigenvalue weighted by Gasteiger charge is 2.23. The van der Waals surface area contributed by atoms with E-state index in [0.717, 1.165) is 46.7 Å². The van der Waals surface area contributed by atoms with Gasteiger partial charge in [0, 0.05) is 17.0 Å². The van der Waals surface area contributed by atoms with E-state index in [-0.39, 0.29) is 30.5 Å². The van der Waals surface area contributed by atoms with Crippen molar-refractivity contribution in [3.63, 3.8) is 0 Å². The first-order valence-electron chi connectivity index (χ1n) is 7.82. The lowest BCUT2D eigenvalue weighted by atomic mass is 10.2. The summed E-state index contributed by atoms with van der Waals surface area (Å²) in [6.07, 6.45) is 2.98. The highest BCUT2D eigenvalue weighted by molar-refractivity contribution is 7.98.